The molecule has 18 heavy (non-hydrogen) atoms. The molecule has 0 aromatic heterocycles. The van der Waals surface area contributed by atoms with Crippen LogP contribution < -0.4 is 10.5 Å². The lowest BCUT2D eigenvalue weighted by molar-refractivity contribution is -0.278. The molecule has 100 valence electrons. The minimum Gasteiger partial charge on any atom is -0.494 e. The van der Waals surface area contributed by atoms with Crippen molar-refractivity contribution in [3.8, 4) is 5.75 Å². The molecule has 0 radical (unpaired) electrons. The Morgan fingerprint density at radius 2 is 1.89 bits per heavy atom. The van der Waals surface area contributed by atoms with Crippen molar-refractivity contribution in [2.75, 3.05) is 26.4 Å². The van der Waals surface area contributed by atoms with E-state index in [2.05, 4.69) is 0 Å². The molecule has 4 heteroatoms. The van der Waals surface area contributed by atoms with Gasteiger partial charge < -0.3 is 19.9 Å². The van der Waals surface area contributed by atoms with Gasteiger partial charge in [-0.25, -0.2) is 0 Å². The SMILES string of the molecule is CCOc1ccc(C2(CCN)OCCCO2)cc1. The van der Waals surface area contributed by atoms with Gasteiger partial charge in [0.05, 0.1) is 19.8 Å². The van der Waals surface area contributed by atoms with Crippen LogP contribution in [-0.4, -0.2) is 26.4 Å². The lowest BCUT2D eigenvalue weighted by Gasteiger charge is -2.37. The largest absolute Gasteiger partial charge is 0.494 e. The van der Waals surface area contributed by atoms with Crippen LogP contribution >= 0.6 is 0 Å². The molecule has 1 fully saturated rings. The Balaban J connectivity index is 2.19. The van der Waals surface area contributed by atoms with Crippen LogP contribution in [0.1, 0.15) is 25.3 Å². The van der Waals surface area contributed by atoms with Gasteiger partial charge in [0.1, 0.15) is 5.75 Å². The second kappa shape index (κ2) is 6.18. The molecule has 0 amide bonds. The van der Waals surface area contributed by atoms with Gasteiger partial charge in [0.2, 0.25) is 0 Å². The second-order valence-corrected chi connectivity index (χ2v) is 4.30. The van der Waals surface area contributed by atoms with E-state index in [1.165, 1.54) is 0 Å². The molecule has 1 saturated heterocycles. The van der Waals surface area contributed by atoms with Crippen LogP contribution in [0.2, 0.25) is 0 Å². The van der Waals surface area contributed by atoms with E-state index in [0.717, 1.165) is 17.7 Å². The summed E-state index contributed by atoms with van der Waals surface area (Å²) in [6.07, 6.45) is 1.60. The molecule has 1 heterocycles. The van der Waals surface area contributed by atoms with Crippen LogP contribution in [0.4, 0.5) is 0 Å². The lowest BCUT2D eigenvalue weighted by Crippen LogP contribution is -2.39. The molecule has 0 bridgehead atoms. The fraction of sp³-hybridized carbons (Fsp3) is 0.571. The fourth-order valence-electron chi connectivity index (χ4n) is 2.19. The fourth-order valence-corrected chi connectivity index (χ4v) is 2.19. The standard InChI is InChI=1S/C14H21NO3/c1-2-16-13-6-4-12(5-7-13)14(8-9-15)17-10-3-11-18-14/h4-7H,2-3,8-11,15H2,1H3. The summed E-state index contributed by atoms with van der Waals surface area (Å²) < 4.78 is 17.1. The molecular weight excluding hydrogens is 230 g/mol. The summed E-state index contributed by atoms with van der Waals surface area (Å²) in [5.74, 6) is 0.192. The van der Waals surface area contributed by atoms with Gasteiger partial charge in [-0.15, -0.1) is 0 Å². The highest BCUT2D eigenvalue weighted by molar-refractivity contribution is 5.30. The third kappa shape index (κ3) is 2.83. The normalized spacial score (nSPS) is 18.6. The van der Waals surface area contributed by atoms with E-state index < -0.39 is 5.79 Å². The van der Waals surface area contributed by atoms with E-state index in [1.807, 2.05) is 31.2 Å². The smallest absolute Gasteiger partial charge is 0.195 e. The number of benzene rings is 1. The van der Waals surface area contributed by atoms with Crippen LogP contribution in [-0.2, 0) is 15.3 Å². The monoisotopic (exact) mass is 251 g/mol. The summed E-state index contributed by atoms with van der Waals surface area (Å²) in [7, 11) is 0. The topological polar surface area (TPSA) is 53.7 Å². The highest BCUT2D eigenvalue weighted by Crippen LogP contribution is 2.34. The van der Waals surface area contributed by atoms with Crippen molar-refractivity contribution in [3.05, 3.63) is 29.8 Å². The van der Waals surface area contributed by atoms with Crippen LogP contribution in [0.25, 0.3) is 0 Å². The number of rotatable bonds is 5. The molecule has 1 aliphatic heterocycles. The van der Waals surface area contributed by atoms with E-state index >= 15 is 0 Å². The minimum absolute atomic E-state index is 0.535. The first-order valence-electron chi connectivity index (χ1n) is 6.52. The molecule has 2 rings (SSSR count). The van der Waals surface area contributed by atoms with Crippen LogP contribution in [0.5, 0.6) is 5.75 Å². The molecule has 2 N–H and O–H groups in total. The predicted octanol–water partition coefficient (Wildman–Crippen LogP) is 2.02. The highest BCUT2D eigenvalue weighted by Gasteiger charge is 2.35. The third-order valence-corrected chi connectivity index (χ3v) is 3.04. The van der Waals surface area contributed by atoms with Gasteiger partial charge in [-0.2, -0.15) is 0 Å². The summed E-state index contributed by atoms with van der Waals surface area (Å²) >= 11 is 0. The van der Waals surface area contributed by atoms with E-state index in [-0.39, 0.29) is 0 Å². The molecule has 4 nitrogen and oxygen atoms in total. The first-order valence-corrected chi connectivity index (χ1v) is 6.52. The molecule has 0 aliphatic carbocycles. The molecule has 1 aromatic rings. The minimum atomic E-state index is -0.669. The Hall–Kier alpha value is -1.10. The third-order valence-electron chi connectivity index (χ3n) is 3.04. The van der Waals surface area contributed by atoms with Crippen LogP contribution in [0, 0.1) is 0 Å². The number of hydrogen-bond donors (Lipinski definition) is 1. The Kier molecular flexibility index (Phi) is 4.58. The maximum atomic E-state index is 5.85. The zero-order valence-electron chi connectivity index (χ0n) is 10.9. The van der Waals surface area contributed by atoms with Gasteiger partial charge in [0.25, 0.3) is 0 Å². The summed E-state index contributed by atoms with van der Waals surface area (Å²) in [4.78, 5) is 0. The Morgan fingerprint density at radius 3 is 2.44 bits per heavy atom. The molecule has 0 atom stereocenters. The average Bonchev–Trinajstić information content (AvgIpc) is 2.41. The maximum absolute atomic E-state index is 5.85. The second-order valence-electron chi connectivity index (χ2n) is 4.30. The molecule has 1 aromatic carbocycles. The average molecular weight is 251 g/mol. The van der Waals surface area contributed by atoms with Crippen molar-refractivity contribution >= 4 is 0 Å². The molecular formula is C14H21NO3. The number of nitrogens with two attached hydrogens (primary N) is 1. The van der Waals surface area contributed by atoms with Crippen LogP contribution in [0.15, 0.2) is 24.3 Å². The Labute approximate surface area is 108 Å². The van der Waals surface area contributed by atoms with Gasteiger partial charge in [0, 0.05) is 12.0 Å². The van der Waals surface area contributed by atoms with Crippen molar-refractivity contribution in [1.82, 2.24) is 0 Å². The van der Waals surface area contributed by atoms with Crippen molar-refractivity contribution in [2.45, 2.75) is 25.6 Å². The summed E-state index contributed by atoms with van der Waals surface area (Å²) in [6, 6.07) is 7.87. The first kappa shape index (κ1) is 13.3. The molecule has 0 unspecified atom stereocenters. The van der Waals surface area contributed by atoms with Crippen molar-refractivity contribution < 1.29 is 14.2 Å². The lowest BCUT2D eigenvalue weighted by atomic mass is 10.0. The van der Waals surface area contributed by atoms with Gasteiger partial charge in [-0.1, -0.05) is 0 Å². The molecule has 1 aliphatic rings. The van der Waals surface area contributed by atoms with Crippen molar-refractivity contribution in [3.63, 3.8) is 0 Å². The van der Waals surface area contributed by atoms with E-state index in [4.69, 9.17) is 19.9 Å². The predicted molar refractivity (Wildman–Crippen MR) is 69.5 cm³/mol. The van der Waals surface area contributed by atoms with Crippen molar-refractivity contribution in [2.24, 2.45) is 5.73 Å². The van der Waals surface area contributed by atoms with E-state index in [1.54, 1.807) is 0 Å². The molecule has 0 saturated carbocycles. The molecule has 0 spiro atoms. The summed E-state index contributed by atoms with van der Waals surface area (Å²) in [6.45, 7) is 4.60. The quantitative estimate of drug-likeness (QED) is 0.870. The summed E-state index contributed by atoms with van der Waals surface area (Å²) in [5, 5.41) is 0. The maximum Gasteiger partial charge on any atom is 0.195 e. The Morgan fingerprint density at radius 1 is 1.22 bits per heavy atom. The highest BCUT2D eigenvalue weighted by atomic mass is 16.7. The van der Waals surface area contributed by atoms with E-state index in [0.29, 0.717) is 32.8 Å². The number of ether oxygens (including phenoxy) is 3. The zero-order valence-corrected chi connectivity index (χ0v) is 10.9. The van der Waals surface area contributed by atoms with Gasteiger partial charge in [0.15, 0.2) is 5.79 Å². The zero-order chi connectivity index (χ0) is 12.8. The van der Waals surface area contributed by atoms with Crippen molar-refractivity contribution in [1.29, 1.82) is 0 Å². The van der Waals surface area contributed by atoms with Gasteiger partial charge in [-0.05, 0) is 44.2 Å². The van der Waals surface area contributed by atoms with Gasteiger partial charge in [-0.3, -0.25) is 0 Å². The first-order chi connectivity index (χ1) is 8.80. The summed E-state index contributed by atoms with van der Waals surface area (Å²) in [5.41, 5.74) is 6.69. The Bertz CT molecular complexity index is 352. The van der Waals surface area contributed by atoms with Gasteiger partial charge >= 0.3 is 0 Å². The van der Waals surface area contributed by atoms with Crippen LogP contribution in [0.3, 0.4) is 0 Å². The number of hydrogen-bond acceptors (Lipinski definition) is 4. The van der Waals surface area contributed by atoms with E-state index in [9.17, 15) is 0 Å².